The number of rotatable bonds is 11. The zero-order valence-corrected chi connectivity index (χ0v) is 26.2. The molecule has 2 aromatic carbocycles. The Morgan fingerprint density at radius 3 is 1.79 bits per heavy atom. The standard InChI is InChI=1S/C30H40N4O6.C2H6/c1-8-24(35)32-22-15-11-21(12-16-22)27(37)34-25(18(2)3)28(38)31-19(4)26(36)33-23-13-9-20(10-14-23)17-40-29(39)30(5,6)7;1-2/h9-16,18-19,25H,8,17H2,1-7H3,(H,31,38)(H,32,35)(H,33,36)(H,34,37);1-2H3/t19-,25-;/m0./s1. The van der Waals surface area contributed by atoms with Crippen molar-refractivity contribution in [1.29, 1.82) is 0 Å². The number of carbonyl (C=O) groups is 5. The largest absolute Gasteiger partial charge is 0.460 e. The minimum atomic E-state index is -0.877. The summed E-state index contributed by atoms with van der Waals surface area (Å²) in [7, 11) is 0. The molecule has 0 unspecified atom stereocenters. The van der Waals surface area contributed by atoms with E-state index in [-0.39, 0.29) is 24.4 Å². The van der Waals surface area contributed by atoms with Gasteiger partial charge in [0, 0.05) is 23.4 Å². The van der Waals surface area contributed by atoms with Gasteiger partial charge in [0.1, 0.15) is 18.7 Å². The lowest BCUT2D eigenvalue weighted by atomic mass is 9.97. The first-order valence-corrected chi connectivity index (χ1v) is 14.3. The Balaban J connectivity index is 0.00000431. The van der Waals surface area contributed by atoms with Crippen LogP contribution in [-0.2, 0) is 30.5 Å². The van der Waals surface area contributed by atoms with Crippen LogP contribution >= 0.6 is 0 Å². The molecule has 0 bridgehead atoms. The van der Waals surface area contributed by atoms with Crippen molar-refractivity contribution in [2.24, 2.45) is 11.3 Å². The Kier molecular flexibility index (Phi) is 14.4. The molecule has 230 valence electrons. The number of hydrogen-bond donors (Lipinski definition) is 4. The highest BCUT2D eigenvalue weighted by molar-refractivity contribution is 6.00. The van der Waals surface area contributed by atoms with Crippen LogP contribution in [0.1, 0.15) is 84.7 Å². The summed E-state index contributed by atoms with van der Waals surface area (Å²) >= 11 is 0. The van der Waals surface area contributed by atoms with E-state index in [9.17, 15) is 24.0 Å². The normalized spacial score (nSPS) is 12.1. The van der Waals surface area contributed by atoms with Gasteiger partial charge >= 0.3 is 5.97 Å². The van der Waals surface area contributed by atoms with Crippen molar-refractivity contribution in [1.82, 2.24) is 10.6 Å². The van der Waals surface area contributed by atoms with Crippen molar-refractivity contribution in [2.75, 3.05) is 10.6 Å². The van der Waals surface area contributed by atoms with E-state index in [4.69, 9.17) is 4.74 Å². The number of carbonyl (C=O) groups excluding carboxylic acids is 5. The maximum absolute atomic E-state index is 13.0. The number of ether oxygens (including phenoxy) is 1. The average molecular weight is 583 g/mol. The smallest absolute Gasteiger partial charge is 0.311 e. The quantitative estimate of drug-likeness (QED) is 0.273. The Bertz CT molecular complexity index is 1200. The highest BCUT2D eigenvalue weighted by Crippen LogP contribution is 2.17. The van der Waals surface area contributed by atoms with Crippen LogP contribution < -0.4 is 21.3 Å². The monoisotopic (exact) mass is 582 g/mol. The van der Waals surface area contributed by atoms with E-state index in [1.54, 1.807) is 97.0 Å². The number of anilines is 2. The molecule has 10 nitrogen and oxygen atoms in total. The van der Waals surface area contributed by atoms with Crippen LogP contribution in [0.25, 0.3) is 0 Å². The summed E-state index contributed by atoms with van der Waals surface area (Å²) in [4.78, 5) is 62.0. The highest BCUT2D eigenvalue weighted by atomic mass is 16.5. The van der Waals surface area contributed by atoms with Crippen LogP contribution in [0.2, 0.25) is 0 Å². The molecule has 10 heteroatoms. The molecular formula is C32H46N4O6. The molecule has 0 aliphatic carbocycles. The Hall–Kier alpha value is -4.21. The van der Waals surface area contributed by atoms with Gasteiger partial charge in [-0.15, -0.1) is 0 Å². The molecule has 2 rings (SSSR count). The molecule has 0 aromatic heterocycles. The van der Waals surface area contributed by atoms with Crippen molar-refractivity contribution in [3.8, 4) is 0 Å². The lowest BCUT2D eigenvalue weighted by Gasteiger charge is -2.24. The summed E-state index contributed by atoms with van der Waals surface area (Å²) in [5, 5.41) is 10.8. The minimum Gasteiger partial charge on any atom is -0.460 e. The lowest BCUT2D eigenvalue weighted by molar-refractivity contribution is -0.154. The number of hydrogen-bond acceptors (Lipinski definition) is 6. The fraction of sp³-hybridized carbons (Fsp3) is 0.469. The summed E-state index contributed by atoms with van der Waals surface area (Å²) < 4.78 is 5.30. The van der Waals surface area contributed by atoms with Crippen molar-refractivity contribution in [3.63, 3.8) is 0 Å². The van der Waals surface area contributed by atoms with Gasteiger partial charge in [-0.05, 0) is 75.6 Å². The van der Waals surface area contributed by atoms with Crippen LogP contribution in [0.4, 0.5) is 11.4 Å². The number of benzene rings is 2. The second-order valence-electron chi connectivity index (χ2n) is 10.9. The van der Waals surface area contributed by atoms with Gasteiger partial charge in [-0.2, -0.15) is 0 Å². The van der Waals surface area contributed by atoms with Gasteiger partial charge < -0.3 is 26.0 Å². The predicted octanol–water partition coefficient (Wildman–Crippen LogP) is 5.05. The Morgan fingerprint density at radius 1 is 0.762 bits per heavy atom. The van der Waals surface area contributed by atoms with Crippen LogP contribution in [0.15, 0.2) is 48.5 Å². The van der Waals surface area contributed by atoms with Crippen molar-refractivity contribution in [3.05, 3.63) is 59.7 Å². The molecule has 4 amide bonds. The second kappa shape index (κ2) is 16.9. The van der Waals surface area contributed by atoms with E-state index in [2.05, 4.69) is 21.3 Å². The third-order valence-corrected chi connectivity index (χ3v) is 5.94. The zero-order chi connectivity index (χ0) is 32.0. The molecule has 0 radical (unpaired) electrons. The summed E-state index contributed by atoms with van der Waals surface area (Å²) in [6.07, 6.45) is 0.340. The van der Waals surface area contributed by atoms with Gasteiger partial charge in [0.25, 0.3) is 5.91 Å². The van der Waals surface area contributed by atoms with Gasteiger partial charge in [0.05, 0.1) is 5.41 Å². The summed E-state index contributed by atoms with van der Waals surface area (Å²) in [6.45, 7) is 16.3. The van der Waals surface area contributed by atoms with Gasteiger partial charge in [-0.3, -0.25) is 24.0 Å². The SMILES string of the molecule is CC.CCC(=O)Nc1ccc(C(=O)N[C@H](C(=O)N[C@@H](C)C(=O)Nc2ccc(COC(=O)C(C)(C)C)cc2)C(C)C)cc1. The van der Waals surface area contributed by atoms with E-state index >= 15 is 0 Å². The first-order chi connectivity index (χ1) is 19.7. The van der Waals surface area contributed by atoms with Crippen molar-refractivity contribution >= 4 is 41.0 Å². The molecule has 0 fully saturated rings. The summed E-state index contributed by atoms with van der Waals surface area (Å²) in [6, 6.07) is 11.4. The van der Waals surface area contributed by atoms with E-state index in [1.165, 1.54) is 0 Å². The van der Waals surface area contributed by atoms with Gasteiger partial charge in [-0.25, -0.2) is 0 Å². The first-order valence-electron chi connectivity index (χ1n) is 14.3. The molecule has 0 saturated heterocycles. The third kappa shape index (κ3) is 11.7. The molecule has 0 aliphatic heterocycles. The van der Waals surface area contributed by atoms with Crippen LogP contribution in [-0.4, -0.2) is 41.7 Å². The fourth-order valence-electron chi connectivity index (χ4n) is 3.38. The Labute approximate surface area is 249 Å². The Morgan fingerprint density at radius 2 is 1.29 bits per heavy atom. The average Bonchev–Trinajstić information content (AvgIpc) is 2.95. The maximum Gasteiger partial charge on any atom is 0.311 e. The fourth-order valence-corrected chi connectivity index (χ4v) is 3.38. The second-order valence-corrected chi connectivity index (χ2v) is 10.9. The molecule has 0 saturated carbocycles. The van der Waals surface area contributed by atoms with Gasteiger partial charge in [0.2, 0.25) is 17.7 Å². The van der Waals surface area contributed by atoms with Gasteiger partial charge in [0.15, 0.2) is 0 Å². The molecule has 4 N–H and O–H groups in total. The molecule has 2 aromatic rings. The van der Waals surface area contributed by atoms with E-state index in [0.717, 1.165) is 5.56 Å². The number of esters is 1. The van der Waals surface area contributed by atoms with Crippen molar-refractivity contribution < 1.29 is 28.7 Å². The van der Waals surface area contributed by atoms with E-state index < -0.39 is 35.2 Å². The van der Waals surface area contributed by atoms with Crippen molar-refractivity contribution in [2.45, 2.75) is 87.4 Å². The third-order valence-electron chi connectivity index (χ3n) is 5.94. The molecule has 2 atom stereocenters. The van der Waals surface area contributed by atoms with E-state index in [1.807, 2.05) is 13.8 Å². The molecule has 0 heterocycles. The van der Waals surface area contributed by atoms with Crippen LogP contribution in [0.3, 0.4) is 0 Å². The van der Waals surface area contributed by atoms with Gasteiger partial charge in [-0.1, -0.05) is 46.8 Å². The molecule has 0 aliphatic rings. The molecular weight excluding hydrogens is 536 g/mol. The highest BCUT2D eigenvalue weighted by Gasteiger charge is 2.27. The predicted molar refractivity (Wildman–Crippen MR) is 165 cm³/mol. The topological polar surface area (TPSA) is 143 Å². The number of amides is 4. The van der Waals surface area contributed by atoms with Crippen LogP contribution in [0, 0.1) is 11.3 Å². The summed E-state index contributed by atoms with van der Waals surface area (Å²) in [5.74, 6) is -2.06. The molecule has 42 heavy (non-hydrogen) atoms. The zero-order valence-electron chi connectivity index (χ0n) is 26.2. The first kappa shape index (κ1) is 35.8. The van der Waals surface area contributed by atoms with E-state index in [0.29, 0.717) is 23.4 Å². The van der Waals surface area contributed by atoms with Crippen LogP contribution in [0.5, 0.6) is 0 Å². The lowest BCUT2D eigenvalue weighted by Crippen LogP contribution is -2.53. The number of nitrogens with one attached hydrogen (secondary N) is 4. The maximum atomic E-state index is 13.0. The minimum absolute atomic E-state index is 0.124. The summed E-state index contributed by atoms with van der Waals surface area (Å²) in [5.41, 5.74) is 1.60. The molecule has 0 spiro atoms.